The van der Waals surface area contributed by atoms with Crippen LogP contribution in [0, 0.1) is 5.92 Å². The molecular weight excluding hydrogens is 147 g/mol. The van der Waals surface area contributed by atoms with E-state index in [0.717, 1.165) is 0 Å². The van der Waals surface area contributed by atoms with E-state index in [1.165, 1.54) is 0 Å². The van der Waals surface area contributed by atoms with Crippen LogP contribution in [0.15, 0.2) is 0 Å². The van der Waals surface area contributed by atoms with Crippen LogP contribution in [-0.2, 0) is 0 Å². The number of aliphatic hydroxyl groups excluding tert-OH is 1. The van der Waals surface area contributed by atoms with Gasteiger partial charge < -0.3 is 5.11 Å². The van der Waals surface area contributed by atoms with Crippen molar-refractivity contribution in [1.29, 1.82) is 0 Å². The van der Waals surface area contributed by atoms with Crippen LogP contribution in [-0.4, -0.2) is 36.0 Å². The van der Waals surface area contributed by atoms with Gasteiger partial charge in [-0.15, -0.1) is 0 Å². The molecule has 0 aliphatic carbocycles. The molecule has 0 aromatic rings. The molecule has 66 valence electrons. The first kappa shape index (κ1) is 8.90. The minimum Gasteiger partial charge on any atom is -0.393 e. The number of hydrogen-bond acceptors (Lipinski definition) is 3. The van der Waals surface area contributed by atoms with Crippen molar-refractivity contribution < 1.29 is 9.50 Å². The summed E-state index contributed by atoms with van der Waals surface area (Å²) in [4.78, 5) is 0. The fourth-order valence-corrected chi connectivity index (χ4v) is 1.47. The Balaban J connectivity index is 2.34. The average Bonchev–Trinajstić information content (AvgIpc) is 1.98. The summed E-state index contributed by atoms with van der Waals surface area (Å²) in [5.41, 5.74) is 0. The Morgan fingerprint density at radius 2 is 2.36 bits per heavy atom. The van der Waals surface area contributed by atoms with E-state index >= 15 is 0 Å². The number of rotatable bonds is 2. The molecule has 3 nitrogen and oxygen atoms in total. The monoisotopic (exact) mass is 162 g/mol. The third-order valence-corrected chi connectivity index (χ3v) is 2.21. The summed E-state index contributed by atoms with van der Waals surface area (Å²) in [5.74, 6) is 5.54. The van der Waals surface area contributed by atoms with Crippen molar-refractivity contribution in [1.82, 2.24) is 5.01 Å². The predicted molar refractivity (Wildman–Crippen MR) is 40.5 cm³/mol. The van der Waals surface area contributed by atoms with Gasteiger partial charge in [-0.1, -0.05) is 0 Å². The molecule has 1 rings (SSSR count). The predicted octanol–water partition coefficient (Wildman–Crippen LogP) is -0.0975. The Morgan fingerprint density at radius 3 is 3.00 bits per heavy atom. The maximum absolute atomic E-state index is 11.9. The third-order valence-electron chi connectivity index (χ3n) is 2.21. The Bertz CT molecular complexity index is 123. The summed E-state index contributed by atoms with van der Waals surface area (Å²) in [6, 6.07) is 0. The highest BCUT2D eigenvalue weighted by atomic mass is 19.1. The second-order valence-corrected chi connectivity index (χ2v) is 3.09. The van der Waals surface area contributed by atoms with Crippen LogP contribution < -0.4 is 5.84 Å². The van der Waals surface area contributed by atoms with Crippen LogP contribution in [0.1, 0.15) is 12.8 Å². The topological polar surface area (TPSA) is 49.5 Å². The molecule has 0 spiro atoms. The lowest BCUT2D eigenvalue weighted by atomic mass is 9.93. The number of halogens is 1. The number of alkyl halides is 1. The lowest BCUT2D eigenvalue weighted by molar-refractivity contribution is 0.0200. The zero-order valence-electron chi connectivity index (χ0n) is 6.54. The first-order chi connectivity index (χ1) is 5.24. The third kappa shape index (κ3) is 2.39. The van der Waals surface area contributed by atoms with Crippen LogP contribution in [0.2, 0.25) is 0 Å². The van der Waals surface area contributed by atoms with Crippen molar-refractivity contribution in [3.8, 4) is 0 Å². The largest absolute Gasteiger partial charge is 0.393 e. The van der Waals surface area contributed by atoms with Gasteiger partial charge in [0.15, 0.2) is 0 Å². The quantitative estimate of drug-likeness (QED) is 0.557. The van der Waals surface area contributed by atoms with E-state index < -0.39 is 0 Å². The highest BCUT2D eigenvalue weighted by molar-refractivity contribution is 4.77. The van der Waals surface area contributed by atoms with Crippen molar-refractivity contribution >= 4 is 0 Å². The van der Waals surface area contributed by atoms with Crippen molar-refractivity contribution in [2.45, 2.75) is 18.9 Å². The van der Waals surface area contributed by atoms with Crippen molar-refractivity contribution in [2.75, 3.05) is 19.8 Å². The van der Waals surface area contributed by atoms with E-state index in [2.05, 4.69) is 0 Å². The number of hydrazine groups is 1. The molecule has 11 heavy (non-hydrogen) atoms. The van der Waals surface area contributed by atoms with E-state index in [9.17, 15) is 9.50 Å². The minimum atomic E-state index is -0.366. The molecule has 0 aromatic carbocycles. The average molecular weight is 162 g/mol. The molecule has 1 aliphatic heterocycles. The van der Waals surface area contributed by atoms with Crippen LogP contribution in [0.4, 0.5) is 4.39 Å². The Kier molecular flexibility index (Phi) is 3.23. The number of nitrogens with two attached hydrogens (primary N) is 1. The fourth-order valence-electron chi connectivity index (χ4n) is 1.47. The second-order valence-electron chi connectivity index (χ2n) is 3.09. The van der Waals surface area contributed by atoms with Gasteiger partial charge in [-0.2, -0.15) is 0 Å². The smallest absolute Gasteiger partial charge is 0.0898 e. The van der Waals surface area contributed by atoms with E-state index in [1.54, 1.807) is 5.01 Å². The molecular formula is C7H15FN2O. The summed E-state index contributed by atoms with van der Waals surface area (Å²) in [6.07, 6.45) is 0.737. The zero-order chi connectivity index (χ0) is 8.27. The molecule has 1 saturated heterocycles. The van der Waals surface area contributed by atoms with Gasteiger partial charge in [0.05, 0.1) is 12.8 Å². The molecule has 4 heteroatoms. The zero-order valence-corrected chi connectivity index (χ0v) is 6.54. The SMILES string of the molecule is NN1CC[C@H](O)[C@H](CCF)C1. The fraction of sp³-hybridized carbons (Fsp3) is 1.00. The van der Waals surface area contributed by atoms with Gasteiger partial charge in [-0.05, 0) is 12.8 Å². The standard InChI is InChI=1S/C7H15FN2O/c8-3-1-6-5-10(9)4-2-7(6)11/h6-7,11H,1-5,9H2/t6-,7+/m1/s1. The van der Waals surface area contributed by atoms with Crippen LogP contribution >= 0.6 is 0 Å². The molecule has 0 bridgehead atoms. The Labute approximate surface area is 66.0 Å². The van der Waals surface area contributed by atoms with Crippen molar-refractivity contribution in [2.24, 2.45) is 11.8 Å². The second kappa shape index (κ2) is 3.99. The number of hydrogen-bond donors (Lipinski definition) is 2. The highest BCUT2D eigenvalue weighted by Crippen LogP contribution is 2.18. The molecule has 2 atom stereocenters. The highest BCUT2D eigenvalue weighted by Gasteiger charge is 2.25. The van der Waals surface area contributed by atoms with Gasteiger partial charge >= 0.3 is 0 Å². The first-order valence-corrected chi connectivity index (χ1v) is 3.97. The van der Waals surface area contributed by atoms with E-state index in [4.69, 9.17) is 5.84 Å². The van der Waals surface area contributed by atoms with Crippen LogP contribution in [0.5, 0.6) is 0 Å². The Hall–Kier alpha value is -0.190. The lowest BCUT2D eigenvalue weighted by Gasteiger charge is -2.32. The molecule has 0 amide bonds. The molecule has 0 radical (unpaired) electrons. The summed E-state index contributed by atoms with van der Waals surface area (Å²) in [5, 5.41) is 11.0. The van der Waals surface area contributed by atoms with E-state index in [-0.39, 0.29) is 18.7 Å². The summed E-state index contributed by atoms with van der Waals surface area (Å²) < 4.78 is 11.9. The van der Waals surface area contributed by atoms with Crippen LogP contribution in [0.3, 0.4) is 0 Å². The Morgan fingerprint density at radius 1 is 1.64 bits per heavy atom. The van der Waals surface area contributed by atoms with Gasteiger partial charge in [0, 0.05) is 19.0 Å². The van der Waals surface area contributed by atoms with Gasteiger partial charge in [-0.25, -0.2) is 5.01 Å². The van der Waals surface area contributed by atoms with Gasteiger partial charge in [0.25, 0.3) is 0 Å². The van der Waals surface area contributed by atoms with Gasteiger partial charge in [0.1, 0.15) is 0 Å². The normalized spacial score (nSPS) is 34.1. The van der Waals surface area contributed by atoms with Crippen molar-refractivity contribution in [3.05, 3.63) is 0 Å². The first-order valence-electron chi connectivity index (χ1n) is 3.97. The van der Waals surface area contributed by atoms with E-state index in [1.807, 2.05) is 0 Å². The number of aliphatic hydroxyl groups is 1. The van der Waals surface area contributed by atoms with Crippen LogP contribution in [0.25, 0.3) is 0 Å². The summed E-state index contributed by atoms with van der Waals surface area (Å²) in [7, 11) is 0. The molecule has 1 aliphatic rings. The maximum Gasteiger partial charge on any atom is 0.0898 e. The number of nitrogens with zero attached hydrogens (tertiary/aromatic N) is 1. The van der Waals surface area contributed by atoms with Gasteiger partial charge in [0.2, 0.25) is 0 Å². The molecule has 0 saturated carbocycles. The minimum absolute atomic E-state index is 0.0266. The molecule has 3 N–H and O–H groups in total. The maximum atomic E-state index is 11.9. The lowest BCUT2D eigenvalue weighted by Crippen LogP contribution is -2.46. The van der Waals surface area contributed by atoms with E-state index in [0.29, 0.717) is 25.9 Å². The summed E-state index contributed by atoms with van der Waals surface area (Å²) in [6.45, 7) is 0.963. The molecule has 1 fully saturated rings. The van der Waals surface area contributed by atoms with Gasteiger partial charge in [-0.3, -0.25) is 10.2 Å². The molecule has 0 aromatic heterocycles. The molecule has 1 heterocycles. The summed E-state index contributed by atoms with van der Waals surface area (Å²) >= 11 is 0. The van der Waals surface area contributed by atoms with Crippen molar-refractivity contribution in [3.63, 3.8) is 0 Å². The number of piperidine rings is 1. The molecule has 0 unspecified atom stereocenters.